The Bertz CT molecular complexity index is 1770. The zero-order valence-corrected chi connectivity index (χ0v) is 23.2. The molecule has 4 N–H and O–H groups in total. The van der Waals surface area contributed by atoms with Crippen LogP contribution in [0.25, 0.3) is 22.2 Å². The van der Waals surface area contributed by atoms with Gasteiger partial charge in [-0.15, -0.1) is 0 Å². The maximum Gasteiger partial charge on any atom is 0.263 e. The van der Waals surface area contributed by atoms with Crippen molar-refractivity contribution in [2.75, 3.05) is 30.0 Å². The van der Waals surface area contributed by atoms with Crippen LogP contribution in [0.2, 0.25) is 5.02 Å². The van der Waals surface area contributed by atoms with Crippen LogP contribution in [0.1, 0.15) is 23.1 Å². The number of benzene rings is 1. The minimum atomic E-state index is -1.09. The predicted octanol–water partition coefficient (Wildman–Crippen LogP) is 2.57. The van der Waals surface area contributed by atoms with Crippen molar-refractivity contribution in [3.05, 3.63) is 63.2 Å². The number of halogens is 2. The maximum atomic E-state index is 14.6. The van der Waals surface area contributed by atoms with E-state index >= 15 is 0 Å². The average Bonchev–Trinajstić information content (AvgIpc) is 3.27. The van der Waals surface area contributed by atoms with Gasteiger partial charge in [0.05, 0.1) is 47.1 Å². The number of rotatable bonds is 6. The van der Waals surface area contributed by atoms with Gasteiger partial charge in [0.1, 0.15) is 23.8 Å². The molecule has 1 aliphatic heterocycles. The molecule has 0 unspecified atom stereocenters. The molecule has 4 aromatic rings. The van der Waals surface area contributed by atoms with E-state index in [1.807, 2.05) is 6.92 Å². The van der Waals surface area contributed by atoms with Crippen LogP contribution in [0.4, 0.5) is 15.9 Å². The number of morpholine rings is 1. The molecule has 5 rings (SSSR count). The highest BCUT2D eigenvalue weighted by molar-refractivity contribution is 6.33. The van der Waals surface area contributed by atoms with Crippen molar-refractivity contribution in [3.8, 4) is 16.9 Å². The number of hydrogen-bond acceptors (Lipinski definition) is 8. The number of nitrogens with zero attached hydrogens (tertiary/aromatic N) is 5. The number of pyridine rings is 1. The molecule has 41 heavy (non-hydrogen) atoms. The first kappa shape index (κ1) is 28.1. The first-order chi connectivity index (χ1) is 19.5. The molecule has 4 heterocycles. The highest BCUT2D eigenvalue weighted by Crippen LogP contribution is 2.33. The number of aryl methyl sites for hydroxylation is 1. The van der Waals surface area contributed by atoms with Crippen molar-refractivity contribution in [2.45, 2.75) is 26.4 Å². The number of carbonyl (C=O) groups is 2. The van der Waals surface area contributed by atoms with Crippen LogP contribution < -0.4 is 21.5 Å². The summed E-state index contributed by atoms with van der Waals surface area (Å²) in [7, 11) is 1.53. The number of ether oxygens (including phenoxy) is 1. The summed E-state index contributed by atoms with van der Waals surface area (Å²) < 4.78 is 22.8. The molecule has 0 saturated carbocycles. The van der Waals surface area contributed by atoms with Crippen LogP contribution >= 0.6 is 11.6 Å². The Morgan fingerprint density at radius 3 is 2.78 bits per heavy atom. The lowest BCUT2D eigenvalue weighted by atomic mass is 10.0. The average molecular weight is 584 g/mol. The smallest absolute Gasteiger partial charge is 0.263 e. The van der Waals surface area contributed by atoms with Crippen LogP contribution in [-0.4, -0.2) is 61.8 Å². The Balaban J connectivity index is 1.53. The van der Waals surface area contributed by atoms with E-state index in [1.165, 1.54) is 34.6 Å². The molecular formula is C27H27ClFN7O5. The van der Waals surface area contributed by atoms with E-state index in [0.717, 1.165) is 6.07 Å². The van der Waals surface area contributed by atoms with Gasteiger partial charge in [-0.1, -0.05) is 11.6 Å². The molecule has 1 atom stereocenters. The highest BCUT2D eigenvalue weighted by atomic mass is 35.5. The van der Waals surface area contributed by atoms with Gasteiger partial charge >= 0.3 is 0 Å². The van der Waals surface area contributed by atoms with Crippen LogP contribution in [0, 0.1) is 12.7 Å². The van der Waals surface area contributed by atoms with Gasteiger partial charge in [-0.2, -0.15) is 0 Å². The number of phenols is 1. The van der Waals surface area contributed by atoms with E-state index in [2.05, 4.69) is 20.2 Å². The molecule has 214 valence electrons. The largest absolute Gasteiger partial charge is 0.504 e. The van der Waals surface area contributed by atoms with Crippen molar-refractivity contribution in [2.24, 2.45) is 12.8 Å². The zero-order valence-electron chi connectivity index (χ0n) is 22.4. The summed E-state index contributed by atoms with van der Waals surface area (Å²) >= 11 is 6.35. The van der Waals surface area contributed by atoms with E-state index < -0.39 is 34.5 Å². The number of hydrogen-bond donors (Lipinski definition) is 3. The molecule has 1 aliphatic rings. The Labute approximate surface area is 238 Å². The van der Waals surface area contributed by atoms with Crippen molar-refractivity contribution in [3.63, 3.8) is 0 Å². The Morgan fingerprint density at radius 1 is 1.32 bits per heavy atom. The molecule has 0 spiro atoms. The molecule has 0 radical (unpaired) electrons. The van der Waals surface area contributed by atoms with Crippen LogP contribution in [0.3, 0.4) is 0 Å². The number of nitrogens with one attached hydrogen (secondary N) is 1. The number of aromatic nitrogens is 4. The van der Waals surface area contributed by atoms with Crippen LogP contribution in [0.15, 0.2) is 35.4 Å². The van der Waals surface area contributed by atoms with Crippen molar-refractivity contribution >= 4 is 46.0 Å². The third kappa shape index (κ3) is 5.21. The minimum absolute atomic E-state index is 0.0855. The normalized spacial score (nSPS) is 15.3. The molecule has 3 aromatic heterocycles. The van der Waals surface area contributed by atoms with Crippen molar-refractivity contribution in [1.29, 1.82) is 0 Å². The van der Waals surface area contributed by atoms with Gasteiger partial charge in [0.15, 0.2) is 11.6 Å². The fourth-order valence-corrected chi connectivity index (χ4v) is 4.94. The van der Waals surface area contributed by atoms with Gasteiger partial charge in [0.2, 0.25) is 5.91 Å². The van der Waals surface area contributed by atoms with Crippen molar-refractivity contribution < 1.29 is 23.8 Å². The summed E-state index contributed by atoms with van der Waals surface area (Å²) in [6.45, 7) is 5.10. The molecule has 1 fully saturated rings. The van der Waals surface area contributed by atoms with Crippen LogP contribution in [-0.2, 0) is 23.1 Å². The Morgan fingerprint density at radius 2 is 2.07 bits per heavy atom. The van der Waals surface area contributed by atoms with E-state index in [-0.39, 0.29) is 39.8 Å². The van der Waals surface area contributed by atoms with Gasteiger partial charge in [0, 0.05) is 31.4 Å². The topological polar surface area (TPSA) is 158 Å². The second-order valence-electron chi connectivity index (χ2n) is 9.80. The van der Waals surface area contributed by atoms with Gasteiger partial charge in [0.25, 0.3) is 11.5 Å². The molecule has 1 saturated heterocycles. The lowest BCUT2D eigenvalue weighted by Crippen LogP contribution is -2.44. The summed E-state index contributed by atoms with van der Waals surface area (Å²) in [6.07, 6.45) is 2.92. The number of carbonyl (C=O) groups excluding carboxylic acids is 2. The van der Waals surface area contributed by atoms with Crippen LogP contribution in [0.5, 0.6) is 5.75 Å². The summed E-state index contributed by atoms with van der Waals surface area (Å²) in [4.78, 5) is 49.3. The van der Waals surface area contributed by atoms with E-state index in [1.54, 1.807) is 13.0 Å². The van der Waals surface area contributed by atoms with E-state index in [4.69, 9.17) is 22.1 Å². The second-order valence-corrected chi connectivity index (χ2v) is 10.2. The third-order valence-electron chi connectivity index (χ3n) is 7.05. The fraction of sp³-hybridized carbons (Fsp3) is 0.296. The quantitative estimate of drug-likeness (QED) is 0.312. The zero-order chi connectivity index (χ0) is 29.6. The number of fused-ring (bicyclic) bond motifs is 1. The van der Waals surface area contributed by atoms with Gasteiger partial charge in [-0.25, -0.2) is 14.4 Å². The van der Waals surface area contributed by atoms with Gasteiger partial charge in [-0.3, -0.25) is 19.0 Å². The number of primary amides is 1. The predicted molar refractivity (Wildman–Crippen MR) is 151 cm³/mol. The molecule has 12 nitrogen and oxygen atoms in total. The monoisotopic (exact) mass is 583 g/mol. The lowest BCUT2D eigenvalue weighted by molar-refractivity contribution is -0.116. The molecule has 1 aromatic carbocycles. The summed E-state index contributed by atoms with van der Waals surface area (Å²) in [5, 5.41) is 13.1. The summed E-state index contributed by atoms with van der Waals surface area (Å²) in [6, 6.07) is 3.93. The number of amides is 2. The van der Waals surface area contributed by atoms with Gasteiger partial charge < -0.3 is 30.4 Å². The van der Waals surface area contributed by atoms with E-state index in [0.29, 0.717) is 37.1 Å². The summed E-state index contributed by atoms with van der Waals surface area (Å²) in [5.41, 5.74) is 5.24. The molecular weight excluding hydrogens is 557 g/mol. The fourth-order valence-electron chi connectivity index (χ4n) is 4.79. The highest BCUT2D eigenvalue weighted by Gasteiger charge is 2.24. The molecule has 0 bridgehead atoms. The maximum absolute atomic E-state index is 14.6. The summed E-state index contributed by atoms with van der Waals surface area (Å²) in [5.74, 6) is -2.50. The number of aromatic hydroxyl groups is 1. The van der Waals surface area contributed by atoms with Gasteiger partial charge in [-0.05, 0) is 31.5 Å². The SMILES string of the molecule is Cc1nc2c(c(-c3cc(F)c(O)c(C(N)=O)c3)cn2CC(=O)Nc2cc(N3CCOC[C@@H]3C)ncc2Cl)c(=O)n1C. The molecule has 2 amide bonds. The number of nitrogens with two attached hydrogens (primary N) is 1. The number of anilines is 2. The molecule has 0 aliphatic carbocycles. The molecule has 14 heteroatoms. The third-order valence-corrected chi connectivity index (χ3v) is 7.35. The first-order valence-corrected chi connectivity index (χ1v) is 13.0. The van der Waals surface area contributed by atoms with E-state index in [9.17, 15) is 23.9 Å². The lowest BCUT2D eigenvalue weighted by Gasteiger charge is -2.34. The Kier molecular flexibility index (Phi) is 7.41. The second kappa shape index (κ2) is 10.8. The first-order valence-electron chi connectivity index (χ1n) is 12.6. The standard InChI is InChI=1S/C27H27ClFN7O5/c1-13-12-41-5-4-36(13)21-8-20(18(28)9-31-21)33-22(37)11-35-10-17(23-26(35)32-14(2)34(3)27(23)40)15-6-16(25(30)39)24(38)19(29)7-15/h6-10,13,38H,4-5,11-12H2,1-3H3,(H2,30,39)(H,31,33,37)/t13-/m0/s1. The Hall–Kier alpha value is -4.49. The minimum Gasteiger partial charge on any atom is -0.504 e. The van der Waals surface area contributed by atoms with Crippen molar-refractivity contribution in [1.82, 2.24) is 19.1 Å².